The van der Waals surface area contributed by atoms with Gasteiger partial charge < -0.3 is 10.1 Å². The largest absolute Gasteiger partial charge is 0.374 e. The van der Waals surface area contributed by atoms with Crippen LogP contribution < -0.4 is 5.32 Å². The van der Waals surface area contributed by atoms with Gasteiger partial charge in [-0.1, -0.05) is 12.8 Å². The Hall–Kier alpha value is -0.170. The second-order valence-corrected chi connectivity index (χ2v) is 6.99. The Balaban J connectivity index is 1.77. The van der Waals surface area contributed by atoms with Gasteiger partial charge in [0.2, 0.25) is 10.0 Å². The van der Waals surface area contributed by atoms with Crippen LogP contribution in [0.1, 0.15) is 25.7 Å². The van der Waals surface area contributed by atoms with Crippen LogP contribution in [0.4, 0.5) is 0 Å². The number of ether oxygens (including phenoxy) is 1. The minimum Gasteiger partial charge on any atom is -0.374 e. The van der Waals surface area contributed by atoms with E-state index in [9.17, 15) is 8.42 Å². The van der Waals surface area contributed by atoms with Crippen molar-refractivity contribution in [2.75, 3.05) is 32.5 Å². The third-order valence-corrected chi connectivity index (χ3v) is 4.83. The van der Waals surface area contributed by atoms with Gasteiger partial charge in [0.1, 0.15) is 0 Å². The van der Waals surface area contributed by atoms with Crippen molar-refractivity contribution in [2.45, 2.75) is 37.8 Å². The Morgan fingerprint density at radius 1 is 1.35 bits per heavy atom. The average molecular weight is 262 g/mol. The first kappa shape index (κ1) is 13.3. The second-order valence-electron chi connectivity index (χ2n) is 5.00. The SMILES string of the molecule is CS(=O)(=O)N1CCOC(CNC2CCCC2)C1. The van der Waals surface area contributed by atoms with Gasteiger partial charge in [-0.05, 0) is 12.8 Å². The molecule has 100 valence electrons. The van der Waals surface area contributed by atoms with Crippen LogP contribution in [0.3, 0.4) is 0 Å². The number of rotatable bonds is 4. The summed E-state index contributed by atoms with van der Waals surface area (Å²) >= 11 is 0. The molecule has 0 aromatic heterocycles. The summed E-state index contributed by atoms with van der Waals surface area (Å²) in [5, 5.41) is 3.48. The molecule has 0 spiro atoms. The quantitative estimate of drug-likeness (QED) is 0.785. The molecular formula is C11H22N2O3S. The lowest BCUT2D eigenvalue weighted by molar-refractivity contribution is -0.00121. The van der Waals surface area contributed by atoms with Crippen molar-refractivity contribution in [3.8, 4) is 0 Å². The summed E-state index contributed by atoms with van der Waals surface area (Å²) in [7, 11) is -3.07. The van der Waals surface area contributed by atoms with Crippen LogP contribution in [0.5, 0.6) is 0 Å². The summed E-state index contributed by atoms with van der Waals surface area (Å²) in [4.78, 5) is 0. The number of hydrogen-bond acceptors (Lipinski definition) is 4. The second kappa shape index (κ2) is 5.65. The summed E-state index contributed by atoms with van der Waals surface area (Å²) < 4.78 is 30.0. The van der Waals surface area contributed by atoms with Crippen molar-refractivity contribution in [1.29, 1.82) is 0 Å². The van der Waals surface area contributed by atoms with Gasteiger partial charge in [-0.15, -0.1) is 0 Å². The van der Waals surface area contributed by atoms with E-state index in [-0.39, 0.29) is 6.10 Å². The Bertz CT molecular complexity index is 339. The fourth-order valence-corrected chi connectivity index (χ4v) is 3.39. The smallest absolute Gasteiger partial charge is 0.211 e. The molecule has 2 fully saturated rings. The maximum Gasteiger partial charge on any atom is 0.211 e. The molecule has 1 heterocycles. The lowest BCUT2D eigenvalue weighted by Crippen LogP contribution is -2.49. The van der Waals surface area contributed by atoms with Gasteiger partial charge in [0.05, 0.1) is 19.0 Å². The third-order valence-electron chi connectivity index (χ3n) is 3.56. The lowest BCUT2D eigenvalue weighted by atomic mass is 10.2. The highest BCUT2D eigenvalue weighted by molar-refractivity contribution is 7.88. The highest BCUT2D eigenvalue weighted by atomic mass is 32.2. The molecule has 0 aromatic rings. The molecule has 1 N–H and O–H groups in total. The fraction of sp³-hybridized carbons (Fsp3) is 1.00. The standard InChI is InChI=1S/C11H22N2O3S/c1-17(14,15)13-6-7-16-11(9-13)8-12-10-4-2-3-5-10/h10-12H,2-9H2,1H3. The highest BCUT2D eigenvalue weighted by Crippen LogP contribution is 2.18. The molecule has 1 saturated carbocycles. The Morgan fingerprint density at radius 3 is 2.71 bits per heavy atom. The van der Waals surface area contributed by atoms with E-state index in [1.807, 2.05) is 0 Å². The Morgan fingerprint density at radius 2 is 2.06 bits per heavy atom. The average Bonchev–Trinajstić information content (AvgIpc) is 2.78. The van der Waals surface area contributed by atoms with Crippen LogP contribution in [-0.2, 0) is 14.8 Å². The van der Waals surface area contributed by atoms with E-state index >= 15 is 0 Å². The zero-order valence-electron chi connectivity index (χ0n) is 10.4. The van der Waals surface area contributed by atoms with Crippen molar-refractivity contribution in [2.24, 2.45) is 0 Å². The molecule has 1 atom stereocenters. The number of sulfonamides is 1. The van der Waals surface area contributed by atoms with E-state index in [0.29, 0.717) is 25.7 Å². The zero-order valence-corrected chi connectivity index (χ0v) is 11.2. The van der Waals surface area contributed by atoms with Gasteiger partial charge in [0.15, 0.2) is 0 Å². The summed E-state index contributed by atoms with van der Waals surface area (Å²) in [6, 6.07) is 0.604. The Kier molecular flexibility index (Phi) is 4.41. The molecule has 17 heavy (non-hydrogen) atoms. The fourth-order valence-electron chi connectivity index (χ4n) is 2.55. The highest BCUT2D eigenvalue weighted by Gasteiger charge is 2.27. The summed E-state index contributed by atoms with van der Waals surface area (Å²) in [5.74, 6) is 0. The molecule has 6 heteroatoms. The maximum atomic E-state index is 11.4. The van der Waals surface area contributed by atoms with Crippen LogP contribution in [0, 0.1) is 0 Å². The predicted molar refractivity (Wildman–Crippen MR) is 66.4 cm³/mol. The van der Waals surface area contributed by atoms with E-state index in [0.717, 1.165) is 6.54 Å². The van der Waals surface area contributed by atoms with Gasteiger partial charge in [0, 0.05) is 25.7 Å². The third kappa shape index (κ3) is 3.91. The monoisotopic (exact) mass is 262 g/mol. The lowest BCUT2D eigenvalue weighted by Gasteiger charge is -2.32. The van der Waals surface area contributed by atoms with Crippen LogP contribution in [0.2, 0.25) is 0 Å². The van der Waals surface area contributed by atoms with Crippen LogP contribution >= 0.6 is 0 Å². The van der Waals surface area contributed by atoms with Crippen molar-refractivity contribution >= 4 is 10.0 Å². The molecule has 5 nitrogen and oxygen atoms in total. The van der Waals surface area contributed by atoms with Gasteiger partial charge in [-0.2, -0.15) is 4.31 Å². The molecule has 0 bridgehead atoms. The first-order valence-corrected chi connectivity index (χ1v) is 8.20. The van der Waals surface area contributed by atoms with Crippen molar-refractivity contribution < 1.29 is 13.2 Å². The number of nitrogens with one attached hydrogen (secondary N) is 1. The van der Waals surface area contributed by atoms with Crippen molar-refractivity contribution in [1.82, 2.24) is 9.62 Å². The summed E-state index contributed by atoms with van der Waals surface area (Å²) in [6.45, 7) is 2.23. The molecular weight excluding hydrogens is 240 g/mol. The molecule has 1 saturated heterocycles. The summed E-state index contributed by atoms with van der Waals surface area (Å²) in [5.41, 5.74) is 0. The number of nitrogens with zero attached hydrogens (tertiary/aromatic N) is 1. The Labute approximate surface area is 104 Å². The first-order chi connectivity index (χ1) is 8.05. The zero-order chi connectivity index (χ0) is 12.3. The van der Waals surface area contributed by atoms with Crippen LogP contribution in [0.25, 0.3) is 0 Å². The molecule has 1 aliphatic heterocycles. The minimum atomic E-state index is -3.07. The molecule has 0 aromatic carbocycles. The topological polar surface area (TPSA) is 58.6 Å². The van der Waals surface area contributed by atoms with Crippen LogP contribution in [0.15, 0.2) is 0 Å². The van der Waals surface area contributed by atoms with Crippen molar-refractivity contribution in [3.63, 3.8) is 0 Å². The van der Waals surface area contributed by atoms with E-state index in [1.165, 1.54) is 36.2 Å². The maximum absolute atomic E-state index is 11.4. The van der Waals surface area contributed by atoms with E-state index < -0.39 is 10.0 Å². The van der Waals surface area contributed by atoms with Crippen molar-refractivity contribution in [3.05, 3.63) is 0 Å². The predicted octanol–water partition coefficient (Wildman–Crippen LogP) is 0.179. The van der Waals surface area contributed by atoms with Gasteiger partial charge in [-0.3, -0.25) is 0 Å². The van der Waals surface area contributed by atoms with Gasteiger partial charge in [-0.25, -0.2) is 8.42 Å². The first-order valence-electron chi connectivity index (χ1n) is 6.36. The normalized spacial score (nSPS) is 28.6. The molecule has 2 aliphatic rings. The van der Waals surface area contributed by atoms with Crippen LogP contribution in [-0.4, -0.2) is 57.4 Å². The van der Waals surface area contributed by atoms with E-state index in [2.05, 4.69) is 5.32 Å². The van der Waals surface area contributed by atoms with Gasteiger partial charge in [0.25, 0.3) is 0 Å². The summed E-state index contributed by atoms with van der Waals surface area (Å²) in [6.07, 6.45) is 6.35. The molecule has 0 amide bonds. The minimum absolute atomic E-state index is 0.000856. The molecule has 0 radical (unpaired) electrons. The number of morpholine rings is 1. The molecule has 2 rings (SSSR count). The molecule has 1 unspecified atom stereocenters. The number of hydrogen-bond donors (Lipinski definition) is 1. The van der Waals surface area contributed by atoms with E-state index in [4.69, 9.17) is 4.74 Å². The van der Waals surface area contributed by atoms with E-state index in [1.54, 1.807) is 0 Å². The molecule has 1 aliphatic carbocycles. The van der Waals surface area contributed by atoms with Gasteiger partial charge >= 0.3 is 0 Å².